The Kier molecular flexibility index (Phi) is 5.04. The van der Waals surface area contributed by atoms with Gasteiger partial charge in [0.1, 0.15) is 11.8 Å². The molecule has 0 spiro atoms. The van der Waals surface area contributed by atoms with Gasteiger partial charge >= 0.3 is 6.03 Å². The summed E-state index contributed by atoms with van der Waals surface area (Å²) in [5, 5.41) is 4.96. The summed E-state index contributed by atoms with van der Waals surface area (Å²) in [4.78, 5) is 41.8. The minimum Gasteiger partial charge on any atom is -0.497 e. The van der Waals surface area contributed by atoms with Crippen LogP contribution in [0.4, 0.5) is 10.5 Å². The number of imide groups is 1. The Morgan fingerprint density at radius 3 is 2.71 bits per heavy atom. The molecule has 1 N–H and O–H groups in total. The molecule has 0 bridgehead atoms. The van der Waals surface area contributed by atoms with Crippen molar-refractivity contribution in [2.45, 2.75) is 31.3 Å². The maximum atomic E-state index is 12.9. The zero-order valence-corrected chi connectivity index (χ0v) is 16.3. The van der Waals surface area contributed by atoms with Crippen molar-refractivity contribution in [1.29, 1.82) is 0 Å². The Morgan fingerprint density at radius 2 is 2.04 bits per heavy atom. The molecule has 4 amide bonds. The molecule has 0 unspecified atom stereocenters. The molecule has 1 aromatic carbocycles. The predicted octanol–water partition coefficient (Wildman–Crippen LogP) is 2.42. The van der Waals surface area contributed by atoms with Gasteiger partial charge in [0, 0.05) is 17.5 Å². The van der Waals surface area contributed by atoms with E-state index in [9.17, 15) is 14.4 Å². The average molecular weight is 399 g/mol. The fraction of sp³-hybridized carbons (Fsp3) is 0.350. The van der Waals surface area contributed by atoms with Crippen LogP contribution in [0.15, 0.2) is 41.8 Å². The highest BCUT2D eigenvalue weighted by molar-refractivity contribution is 7.10. The van der Waals surface area contributed by atoms with Crippen LogP contribution >= 0.6 is 11.3 Å². The lowest BCUT2D eigenvalue weighted by Gasteiger charge is -2.32. The van der Waals surface area contributed by atoms with Crippen molar-refractivity contribution < 1.29 is 19.1 Å². The van der Waals surface area contributed by atoms with Gasteiger partial charge in [-0.05, 0) is 48.6 Å². The number of rotatable bonds is 5. The third-order valence-corrected chi connectivity index (χ3v) is 6.03. The van der Waals surface area contributed by atoms with Crippen molar-refractivity contribution in [3.63, 3.8) is 0 Å². The molecule has 3 heterocycles. The first-order valence-electron chi connectivity index (χ1n) is 9.17. The lowest BCUT2D eigenvalue weighted by molar-refractivity contribution is -0.124. The number of carbonyl (C=O) groups is 3. The van der Waals surface area contributed by atoms with Crippen LogP contribution in [0.3, 0.4) is 0 Å². The van der Waals surface area contributed by atoms with E-state index < -0.39 is 6.04 Å². The van der Waals surface area contributed by atoms with Gasteiger partial charge in [-0.3, -0.25) is 9.59 Å². The quantitative estimate of drug-likeness (QED) is 0.783. The number of nitrogens with zero attached hydrogens (tertiary/aromatic N) is 2. The highest BCUT2D eigenvalue weighted by Gasteiger charge is 2.48. The number of amides is 4. The van der Waals surface area contributed by atoms with Crippen molar-refractivity contribution >= 4 is 34.9 Å². The van der Waals surface area contributed by atoms with E-state index in [0.29, 0.717) is 37.2 Å². The van der Waals surface area contributed by atoms with Crippen LogP contribution in [-0.4, -0.2) is 48.5 Å². The Bertz CT molecular complexity index is 881. The molecule has 8 heteroatoms. The highest BCUT2D eigenvalue weighted by atomic mass is 32.1. The Labute approximate surface area is 166 Å². The van der Waals surface area contributed by atoms with Gasteiger partial charge in [-0.2, -0.15) is 0 Å². The van der Waals surface area contributed by atoms with Crippen LogP contribution in [0.5, 0.6) is 5.75 Å². The summed E-state index contributed by atoms with van der Waals surface area (Å²) >= 11 is 1.55. The summed E-state index contributed by atoms with van der Waals surface area (Å²) in [6.07, 6.45) is 1.42. The second-order valence-corrected chi connectivity index (χ2v) is 7.94. The number of methoxy groups -OCH3 is 1. The van der Waals surface area contributed by atoms with Gasteiger partial charge in [0.25, 0.3) is 5.91 Å². The van der Waals surface area contributed by atoms with E-state index in [4.69, 9.17) is 4.74 Å². The van der Waals surface area contributed by atoms with Gasteiger partial charge in [-0.15, -0.1) is 11.3 Å². The van der Waals surface area contributed by atoms with Crippen molar-refractivity contribution in [3.8, 4) is 5.75 Å². The predicted molar refractivity (Wildman–Crippen MR) is 106 cm³/mol. The molecule has 146 valence electrons. The largest absolute Gasteiger partial charge is 0.497 e. The fourth-order valence-electron chi connectivity index (χ4n) is 3.75. The number of hydrogen-bond donors (Lipinski definition) is 1. The number of nitrogens with one attached hydrogen (secondary N) is 1. The number of carbonyl (C=O) groups excluding carboxylic acids is 3. The van der Waals surface area contributed by atoms with Gasteiger partial charge in [0.2, 0.25) is 5.91 Å². The topological polar surface area (TPSA) is 79.0 Å². The second-order valence-electron chi connectivity index (χ2n) is 6.91. The fourth-order valence-corrected chi connectivity index (χ4v) is 4.45. The SMILES string of the molecule is COc1ccc(N2C(=O)[C@@H]3C[C@@H](NC(=O)Cc4cccs4)CCN3C2=O)cc1. The summed E-state index contributed by atoms with van der Waals surface area (Å²) in [5.41, 5.74) is 0.531. The van der Waals surface area contributed by atoms with E-state index >= 15 is 0 Å². The summed E-state index contributed by atoms with van der Waals surface area (Å²) in [6.45, 7) is 0.450. The summed E-state index contributed by atoms with van der Waals surface area (Å²) in [7, 11) is 1.56. The van der Waals surface area contributed by atoms with Gasteiger partial charge < -0.3 is 15.0 Å². The highest BCUT2D eigenvalue weighted by Crippen LogP contribution is 2.31. The van der Waals surface area contributed by atoms with Crippen LogP contribution in [0.25, 0.3) is 0 Å². The summed E-state index contributed by atoms with van der Waals surface area (Å²) < 4.78 is 5.13. The number of fused-ring (bicyclic) bond motifs is 1. The smallest absolute Gasteiger partial charge is 0.332 e. The van der Waals surface area contributed by atoms with Gasteiger partial charge in [-0.1, -0.05) is 6.07 Å². The van der Waals surface area contributed by atoms with Gasteiger partial charge in [0.15, 0.2) is 0 Å². The zero-order valence-electron chi connectivity index (χ0n) is 15.5. The first-order chi connectivity index (χ1) is 13.6. The van der Waals surface area contributed by atoms with E-state index in [0.717, 1.165) is 4.88 Å². The molecule has 1 aromatic heterocycles. The Hall–Kier alpha value is -2.87. The third kappa shape index (κ3) is 3.47. The molecule has 2 aliphatic heterocycles. The lowest BCUT2D eigenvalue weighted by Crippen LogP contribution is -2.50. The van der Waals surface area contributed by atoms with Gasteiger partial charge in [0.05, 0.1) is 19.2 Å². The van der Waals surface area contributed by atoms with Crippen LogP contribution in [0.1, 0.15) is 17.7 Å². The molecule has 7 nitrogen and oxygen atoms in total. The van der Waals surface area contributed by atoms with Crippen LogP contribution < -0.4 is 15.0 Å². The third-order valence-electron chi connectivity index (χ3n) is 5.16. The maximum Gasteiger partial charge on any atom is 0.332 e. The minimum absolute atomic E-state index is 0.0512. The van der Waals surface area contributed by atoms with E-state index in [1.807, 2.05) is 17.5 Å². The molecule has 0 radical (unpaired) electrons. The molecule has 2 aromatic rings. The first-order valence-corrected chi connectivity index (χ1v) is 10.0. The number of anilines is 1. The van der Waals surface area contributed by atoms with Crippen LogP contribution in [0.2, 0.25) is 0 Å². The maximum absolute atomic E-state index is 12.9. The molecule has 0 aliphatic carbocycles. The Balaban J connectivity index is 1.42. The van der Waals surface area contributed by atoms with Crippen molar-refractivity contribution in [2.24, 2.45) is 0 Å². The molecule has 2 atom stereocenters. The molecule has 2 saturated heterocycles. The normalized spacial score (nSPS) is 21.6. The van der Waals surface area contributed by atoms with Crippen molar-refractivity contribution in [1.82, 2.24) is 10.2 Å². The first kappa shape index (κ1) is 18.5. The molecule has 2 aliphatic rings. The van der Waals surface area contributed by atoms with Crippen molar-refractivity contribution in [2.75, 3.05) is 18.6 Å². The molecule has 2 fully saturated rings. The summed E-state index contributed by atoms with van der Waals surface area (Å²) in [6, 6.07) is 9.75. The van der Waals surface area contributed by atoms with E-state index in [1.54, 1.807) is 47.6 Å². The number of ether oxygens (including phenoxy) is 1. The minimum atomic E-state index is -0.532. The molecular weight excluding hydrogens is 378 g/mol. The molecular formula is C20H21N3O4S. The standard InChI is InChI=1S/C20H21N3O4S/c1-27-15-6-4-14(5-7-15)23-19(25)17-11-13(8-9-22(17)20(23)26)21-18(24)12-16-3-2-10-28-16/h2-7,10,13,17H,8-9,11-12H2,1H3,(H,21,24)/t13-,17-/m0/s1. The number of hydrogen-bond acceptors (Lipinski definition) is 5. The van der Waals surface area contributed by atoms with E-state index in [-0.39, 0.29) is 23.9 Å². The van der Waals surface area contributed by atoms with E-state index in [2.05, 4.69) is 5.32 Å². The molecule has 0 saturated carbocycles. The van der Waals surface area contributed by atoms with Crippen molar-refractivity contribution in [3.05, 3.63) is 46.7 Å². The average Bonchev–Trinajstić information content (AvgIpc) is 3.29. The van der Waals surface area contributed by atoms with Gasteiger partial charge in [-0.25, -0.2) is 9.69 Å². The molecule has 4 rings (SSSR count). The molecule has 28 heavy (non-hydrogen) atoms. The summed E-state index contributed by atoms with van der Waals surface area (Å²) in [5.74, 6) is 0.367. The number of urea groups is 1. The monoisotopic (exact) mass is 399 g/mol. The lowest BCUT2D eigenvalue weighted by atomic mass is 9.97. The second kappa shape index (κ2) is 7.63. The van der Waals surface area contributed by atoms with Crippen LogP contribution in [-0.2, 0) is 16.0 Å². The van der Waals surface area contributed by atoms with Crippen LogP contribution in [0, 0.1) is 0 Å². The zero-order chi connectivity index (χ0) is 19.7. The van der Waals surface area contributed by atoms with E-state index in [1.165, 1.54) is 4.90 Å². The number of thiophene rings is 1. The number of piperidine rings is 1. The Morgan fingerprint density at radius 1 is 1.25 bits per heavy atom. The number of benzene rings is 1.